The first-order chi connectivity index (χ1) is 16.3. The molecule has 190 valence electrons. The molecule has 1 aliphatic heterocycles. The van der Waals surface area contributed by atoms with Gasteiger partial charge in [0.1, 0.15) is 23.4 Å². The average Bonchev–Trinajstić information content (AvgIpc) is 3.05. The van der Waals surface area contributed by atoms with Gasteiger partial charge in [-0.15, -0.1) is 0 Å². The summed E-state index contributed by atoms with van der Waals surface area (Å²) < 4.78 is 91.2. The molecule has 2 heterocycles. The Balaban J connectivity index is 2.04. The topological polar surface area (TPSA) is 89.6 Å². The van der Waals surface area contributed by atoms with Crippen molar-refractivity contribution in [3.05, 3.63) is 53.6 Å². The van der Waals surface area contributed by atoms with E-state index < -0.39 is 59.7 Å². The fourth-order valence-electron chi connectivity index (χ4n) is 3.98. The minimum Gasteiger partial charge on any atom is -0.434 e. The Morgan fingerprint density at radius 2 is 1.89 bits per heavy atom. The maximum absolute atomic E-state index is 14.0. The van der Waals surface area contributed by atoms with Crippen molar-refractivity contribution in [2.24, 2.45) is 5.92 Å². The van der Waals surface area contributed by atoms with Gasteiger partial charge in [0, 0.05) is 42.4 Å². The molecule has 1 fully saturated rings. The summed E-state index contributed by atoms with van der Waals surface area (Å²) in [4.78, 5) is 28.7. The van der Waals surface area contributed by atoms with Gasteiger partial charge < -0.3 is 20.1 Å². The molecule has 4 atom stereocenters. The van der Waals surface area contributed by atoms with Gasteiger partial charge in [0.25, 0.3) is 11.8 Å². The Morgan fingerprint density at radius 3 is 2.49 bits per heavy atom. The third-order valence-electron chi connectivity index (χ3n) is 5.96. The molecule has 13 heteroatoms. The van der Waals surface area contributed by atoms with Crippen LogP contribution in [-0.4, -0.2) is 48.3 Å². The molecular weight excluding hydrogens is 484 g/mol. The van der Waals surface area contributed by atoms with E-state index in [9.17, 15) is 35.9 Å². The summed E-state index contributed by atoms with van der Waals surface area (Å²) in [6, 6.07) is 4.93. The highest BCUT2D eigenvalue weighted by Crippen LogP contribution is 2.54. The number of ether oxygens (including phenoxy) is 2. The summed E-state index contributed by atoms with van der Waals surface area (Å²) >= 11 is 0. The first-order valence-electron chi connectivity index (χ1n) is 10.3. The number of benzene rings is 1. The normalized spacial score (nSPS) is 24.3. The lowest BCUT2D eigenvalue weighted by Gasteiger charge is -2.32. The maximum Gasteiger partial charge on any atom is 0.417 e. The number of pyridine rings is 1. The third-order valence-corrected chi connectivity index (χ3v) is 5.96. The minimum atomic E-state index is -4.94. The quantitative estimate of drug-likeness (QED) is 0.573. The highest BCUT2D eigenvalue weighted by molar-refractivity contribution is 5.97. The number of amides is 2. The van der Waals surface area contributed by atoms with Crippen LogP contribution in [0.25, 0.3) is 0 Å². The lowest BCUT2D eigenvalue weighted by atomic mass is 9.77. The van der Waals surface area contributed by atoms with Crippen LogP contribution in [0.5, 0.6) is 5.75 Å². The molecule has 0 radical (unpaired) electrons. The predicted octanol–water partition coefficient (Wildman–Crippen LogP) is 4.26. The number of carbonyl (C=O) groups is 2. The van der Waals surface area contributed by atoms with E-state index in [0.29, 0.717) is 6.07 Å². The zero-order valence-corrected chi connectivity index (χ0v) is 18.6. The van der Waals surface area contributed by atoms with Gasteiger partial charge in [-0.05, 0) is 25.1 Å². The van der Waals surface area contributed by atoms with Crippen molar-refractivity contribution < 1.29 is 45.4 Å². The van der Waals surface area contributed by atoms with Gasteiger partial charge in [0.05, 0.1) is 0 Å². The van der Waals surface area contributed by atoms with E-state index in [0.717, 1.165) is 26.0 Å². The average molecular weight is 505 g/mol. The highest BCUT2D eigenvalue weighted by atomic mass is 19.4. The summed E-state index contributed by atoms with van der Waals surface area (Å²) in [6.45, 7) is -1.50. The minimum absolute atomic E-state index is 0.0300. The van der Waals surface area contributed by atoms with Crippen LogP contribution < -0.4 is 15.4 Å². The van der Waals surface area contributed by atoms with Gasteiger partial charge in [-0.1, -0.05) is 13.0 Å². The van der Waals surface area contributed by atoms with Crippen LogP contribution in [0.15, 0.2) is 36.5 Å². The molecule has 2 aromatic rings. The van der Waals surface area contributed by atoms with Crippen LogP contribution in [0, 0.1) is 11.7 Å². The van der Waals surface area contributed by atoms with Crippen LogP contribution >= 0.6 is 0 Å². The molecule has 0 saturated carbocycles. The highest BCUT2D eigenvalue weighted by Gasteiger charge is 2.65. The Bertz CT molecular complexity index is 1110. The molecule has 0 spiro atoms. The van der Waals surface area contributed by atoms with Crippen LogP contribution in [0.4, 0.5) is 32.0 Å². The van der Waals surface area contributed by atoms with Gasteiger partial charge >= 0.3 is 12.8 Å². The van der Waals surface area contributed by atoms with Crippen molar-refractivity contribution in [2.75, 3.05) is 12.4 Å². The number of carbonyl (C=O) groups excluding carboxylic acids is 2. The Labute approximate surface area is 195 Å². The number of hydrogen-bond acceptors (Lipinski definition) is 5. The number of alkyl halides is 5. The van der Waals surface area contributed by atoms with Gasteiger partial charge in [0.15, 0.2) is 5.60 Å². The second-order valence-corrected chi connectivity index (χ2v) is 8.02. The van der Waals surface area contributed by atoms with Crippen molar-refractivity contribution in [1.82, 2.24) is 10.3 Å². The zero-order chi connectivity index (χ0) is 26.1. The zero-order valence-electron chi connectivity index (χ0n) is 18.6. The van der Waals surface area contributed by atoms with Gasteiger partial charge in [-0.3, -0.25) is 14.6 Å². The third kappa shape index (κ3) is 5.19. The van der Waals surface area contributed by atoms with E-state index in [1.165, 1.54) is 25.4 Å². The van der Waals surface area contributed by atoms with Crippen LogP contribution in [0.1, 0.15) is 35.8 Å². The summed E-state index contributed by atoms with van der Waals surface area (Å²) in [7, 11) is 1.35. The number of hydrogen-bond donors (Lipinski definition) is 2. The van der Waals surface area contributed by atoms with Crippen molar-refractivity contribution in [3.8, 4) is 5.75 Å². The number of halogens is 6. The van der Waals surface area contributed by atoms with Crippen molar-refractivity contribution in [3.63, 3.8) is 0 Å². The van der Waals surface area contributed by atoms with Crippen molar-refractivity contribution in [1.29, 1.82) is 0 Å². The van der Waals surface area contributed by atoms with E-state index in [2.05, 4.69) is 20.4 Å². The molecule has 35 heavy (non-hydrogen) atoms. The SMILES string of the molecule is CNC(=O)c1cc(NC(=O)[C@H]2O[C@@](C)(C(F)(F)F)[C@@H](C)[C@H]2c2ccc(F)cc2OC(F)F)ccn1. The number of nitrogens with zero attached hydrogens (tertiary/aromatic N) is 1. The lowest BCUT2D eigenvalue weighted by molar-refractivity contribution is -0.272. The fraction of sp³-hybridized carbons (Fsp3) is 0.409. The molecule has 0 bridgehead atoms. The smallest absolute Gasteiger partial charge is 0.417 e. The standard InChI is InChI=1S/C22H21F6N3O4/c1-10-16(13-5-4-11(23)8-15(13)34-20(24)25)17(35-21(10,2)22(26,27)28)19(33)31-12-6-7-30-14(9-12)18(32)29-3/h4-10,16-17,20H,1-3H3,(H,29,32)(H,30,31,33)/t10-,16-,17-,21+/m0/s1. The largest absolute Gasteiger partial charge is 0.434 e. The molecule has 2 amide bonds. The second-order valence-electron chi connectivity index (χ2n) is 8.02. The molecule has 2 N–H and O–H groups in total. The number of aromatic nitrogens is 1. The molecule has 0 unspecified atom stereocenters. The van der Waals surface area contributed by atoms with Crippen LogP contribution in [0.2, 0.25) is 0 Å². The fourth-order valence-corrected chi connectivity index (χ4v) is 3.98. The molecule has 7 nitrogen and oxygen atoms in total. The van der Waals surface area contributed by atoms with Gasteiger partial charge in [-0.25, -0.2) is 4.39 Å². The monoisotopic (exact) mass is 505 g/mol. The molecule has 1 saturated heterocycles. The summed E-state index contributed by atoms with van der Waals surface area (Å²) in [6.07, 6.45) is -5.57. The van der Waals surface area contributed by atoms with Crippen molar-refractivity contribution in [2.45, 2.75) is 44.3 Å². The predicted molar refractivity (Wildman–Crippen MR) is 111 cm³/mol. The summed E-state index contributed by atoms with van der Waals surface area (Å²) in [5, 5.41) is 4.71. The van der Waals surface area contributed by atoms with Gasteiger partial charge in [-0.2, -0.15) is 22.0 Å². The van der Waals surface area contributed by atoms with E-state index in [1.54, 1.807) is 0 Å². The maximum atomic E-state index is 14.0. The van der Waals surface area contributed by atoms with Gasteiger partial charge in [0.2, 0.25) is 0 Å². The summed E-state index contributed by atoms with van der Waals surface area (Å²) in [5.41, 5.74) is -3.15. The molecule has 1 aliphatic rings. The molecule has 1 aromatic heterocycles. The Morgan fingerprint density at radius 1 is 1.20 bits per heavy atom. The molecule has 0 aliphatic carbocycles. The number of anilines is 1. The summed E-state index contributed by atoms with van der Waals surface area (Å²) in [5.74, 6) is -6.21. The van der Waals surface area contributed by atoms with E-state index in [-0.39, 0.29) is 16.9 Å². The first-order valence-corrected chi connectivity index (χ1v) is 10.3. The van der Waals surface area contributed by atoms with E-state index in [4.69, 9.17) is 4.74 Å². The lowest BCUT2D eigenvalue weighted by Crippen LogP contribution is -2.47. The first kappa shape index (κ1) is 26.3. The number of nitrogens with one attached hydrogen (secondary N) is 2. The van der Waals surface area contributed by atoms with Crippen LogP contribution in [0.3, 0.4) is 0 Å². The molecule has 1 aromatic carbocycles. The van der Waals surface area contributed by atoms with E-state index in [1.807, 2.05) is 0 Å². The van der Waals surface area contributed by atoms with E-state index >= 15 is 0 Å². The van der Waals surface area contributed by atoms with Crippen molar-refractivity contribution >= 4 is 17.5 Å². The Kier molecular flexibility index (Phi) is 7.29. The number of rotatable bonds is 6. The van der Waals surface area contributed by atoms with Crippen LogP contribution in [-0.2, 0) is 9.53 Å². The Hall–Kier alpha value is -3.35. The molecule has 3 rings (SSSR count). The molecular formula is C22H21F6N3O4. The second kappa shape index (κ2) is 9.72.